The number of hydrogen-bond donors (Lipinski definition) is 1. The van der Waals surface area contributed by atoms with Crippen LogP contribution < -0.4 is 5.73 Å². The molecule has 1 aromatic heterocycles. The highest BCUT2D eigenvalue weighted by Crippen LogP contribution is 2.31. The highest BCUT2D eigenvalue weighted by Gasteiger charge is 2.17. The summed E-state index contributed by atoms with van der Waals surface area (Å²) in [5, 5.41) is 3.91. The number of nitrogens with two attached hydrogens (primary N) is 1. The second-order valence-electron chi connectivity index (χ2n) is 3.55. The number of hydrogen-bond acceptors (Lipinski definition) is 4. The van der Waals surface area contributed by atoms with Gasteiger partial charge in [-0.05, 0) is 11.1 Å². The maximum Gasteiger partial charge on any atom is 0.222 e. The molecule has 2 aromatic rings. The minimum absolute atomic E-state index is 0.335. The molecule has 3 rings (SSSR count). The molecule has 2 heterocycles. The third kappa shape index (κ3) is 1.30. The van der Waals surface area contributed by atoms with E-state index in [0.717, 1.165) is 11.3 Å². The molecule has 0 aliphatic carbocycles. The maximum absolute atomic E-state index is 5.50. The van der Waals surface area contributed by atoms with Crippen LogP contribution in [-0.4, -0.2) is 5.16 Å². The molecule has 0 atom stereocenters. The van der Waals surface area contributed by atoms with Gasteiger partial charge < -0.3 is 15.0 Å². The molecule has 0 saturated heterocycles. The first-order valence-electron chi connectivity index (χ1n) is 4.75. The molecule has 0 radical (unpaired) electrons. The van der Waals surface area contributed by atoms with Gasteiger partial charge in [0.15, 0.2) is 0 Å². The zero-order chi connectivity index (χ0) is 10.3. The standard InChI is InChI=1S/C11H10N2O2/c12-11-4-10(13-15-11)8-3-1-2-7-5-14-6-9(7)8/h1-4H,5-6,12H2. The fourth-order valence-electron chi connectivity index (χ4n) is 1.86. The summed E-state index contributed by atoms with van der Waals surface area (Å²) in [6.45, 7) is 1.31. The summed E-state index contributed by atoms with van der Waals surface area (Å²) in [5.41, 5.74) is 9.72. The van der Waals surface area contributed by atoms with Gasteiger partial charge in [-0.25, -0.2) is 0 Å². The number of nitrogens with zero attached hydrogens (tertiary/aromatic N) is 1. The molecule has 1 aromatic carbocycles. The number of benzene rings is 1. The van der Waals surface area contributed by atoms with E-state index in [1.807, 2.05) is 12.1 Å². The Labute approximate surface area is 86.6 Å². The van der Waals surface area contributed by atoms with E-state index in [1.165, 1.54) is 11.1 Å². The Morgan fingerprint density at radius 3 is 3.00 bits per heavy atom. The smallest absolute Gasteiger partial charge is 0.222 e. The number of ether oxygens (including phenoxy) is 1. The molecule has 0 spiro atoms. The van der Waals surface area contributed by atoms with Crippen molar-refractivity contribution < 1.29 is 9.26 Å². The maximum atomic E-state index is 5.50. The molecule has 4 heteroatoms. The van der Waals surface area contributed by atoms with Gasteiger partial charge in [0, 0.05) is 11.6 Å². The molecule has 0 amide bonds. The summed E-state index contributed by atoms with van der Waals surface area (Å²) in [7, 11) is 0. The van der Waals surface area contributed by atoms with Gasteiger partial charge in [0.05, 0.1) is 13.2 Å². The van der Waals surface area contributed by atoms with E-state index >= 15 is 0 Å². The van der Waals surface area contributed by atoms with Crippen molar-refractivity contribution in [3.8, 4) is 11.3 Å². The van der Waals surface area contributed by atoms with Crippen LogP contribution in [0.25, 0.3) is 11.3 Å². The molecule has 76 valence electrons. The Hall–Kier alpha value is -1.81. The van der Waals surface area contributed by atoms with Gasteiger partial charge in [-0.1, -0.05) is 23.4 Å². The normalized spacial score (nSPS) is 14.1. The lowest BCUT2D eigenvalue weighted by atomic mass is 10.0. The van der Waals surface area contributed by atoms with Crippen LogP contribution in [0.1, 0.15) is 11.1 Å². The first-order valence-corrected chi connectivity index (χ1v) is 4.75. The second kappa shape index (κ2) is 3.10. The van der Waals surface area contributed by atoms with E-state index in [4.69, 9.17) is 15.0 Å². The van der Waals surface area contributed by atoms with Crippen molar-refractivity contribution in [1.29, 1.82) is 0 Å². The zero-order valence-electron chi connectivity index (χ0n) is 8.06. The van der Waals surface area contributed by atoms with E-state index in [0.29, 0.717) is 19.1 Å². The Kier molecular flexibility index (Phi) is 1.76. The van der Waals surface area contributed by atoms with Crippen LogP contribution in [0.2, 0.25) is 0 Å². The molecule has 1 aliphatic rings. The zero-order valence-corrected chi connectivity index (χ0v) is 8.06. The van der Waals surface area contributed by atoms with Crippen LogP contribution in [-0.2, 0) is 18.0 Å². The van der Waals surface area contributed by atoms with E-state index in [2.05, 4.69) is 11.2 Å². The lowest BCUT2D eigenvalue weighted by Gasteiger charge is -2.02. The van der Waals surface area contributed by atoms with E-state index in [-0.39, 0.29) is 0 Å². The van der Waals surface area contributed by atoms with Crippen molar-refractivity contribution in [3.05, 3.63) is 35.4 Å². The molecule has 0 saturated carbocycles. The highest BCUT2D eigenvalue weighted by atomic mass is 16.5. The average Bonchev–Trinajstić information content (AvgIpc) is 2.84. The number of nitrogen functional groups attached to an aromatic ring is 1. The summed E-state index contributed by atoms with van der Waals surface area (Å²) < 4.78 is 10.3. The second-order valence-corrected chi connectivity index (χ2v) is 3.55. The van der Waals surface area contributed by atoms with Gasteiger partial charge in [0.2, 0.25) is 5.88 Å². The third-order valence-corrected chi connectivity index (χ3v) is 2.58. The molecular weight excluding hydrogens is 192 g/mol. The van der Waals surface area contributed by atoms with Crippen LogP contribution in [0, 0.1) is 0 Å². The Bertz CT molecular complexity index is 505. The van der Waals surface area contributed by atoms with Crippen LogP contribution in [0.15, 0.2) is 28.8 Å². The van der Waals surface area contributed by atoms with Gasteiger partial charge >= 0.3 is 0 Å². The summed E-state index contributed by atoms with van der Waals surface area (Å²) in [5.74, 6) is 0.335. The lowest BCUT2D eigenvalue weighted by molar-refractivity contribution is 0.134. The van der Waals surface area contributed by atoms with Crippen LogP contribution >= 0.6 is 0 Å². The fourth-order valence-corrected chi connectivity index (χ4v) is 1.86. The van der Waals surface area contributed by atoms with Gasteiger partial charge in [0.25, 0.3) is 0 Å². The van der Waals surface area contributed by atoms with E-state index in [9.17, 15) is 0 Å². The topological polar surface area (TPSA) is 61.3 Å². The Morgan fingerprint density at radius 1 is 1.27 bits per heavy atom. The number of rotatable bonds is 1. The molecule has 0 unspecified atom stereocenters. The van der Waals surface area contributed by atoms with Crippen molar-refractivity contribution in [1.82, 2.24) is 5.16 Å². The van der Waals surface area contributed by atoms with Gasteiger partial charge in [0.1, 0.15) is 5.69 Å². The van der Waals surface area contributed by atoms with Crippen LogP contribution in [0.3, 0.4) is 0 Å². The Morgan fingerprint density at radius 2 is 2.20 bits per heavy atom. The molecule has 0 fully saturated rings. The van der Waals surface area contributed by atoms with Crippen molar-refractivity contribution in [2.75, 3.05) is 5.73 Å². The van der Waals surface area contributed by atoms with Crippen molar-refractivity contribution in [2.45, 2.75) is 13.2 Å². The van der Waals surface area contributed by atoms with Crippen LogP contribution in [0.4, 0.5) is 5.88 Å². The van der Waals surface area contributed by atoms with E-state index in [1.54, 1.807) is 6.07 Å². The minimum Gasteiger partial charge on any atom is -0.372 e. The SMILES string of the molecule is Nc1cc(-c2cccc3c2COC3)no1. The molecule has 0 bridgehead atoms. The number of anilines is 1. The lowest BCUT2D eigenvalue weighted by Crippen LogP contribution is -1.88. The molecule has 2 N–H and O–H groups in total. The third-order valence-electron chi connectivity index (χ3n) is 2.58. The van der Waals surface area contributed by atoms with Crippen molar-refractivity contribution in [3.63, 3.8) is 0 Å². The molecule has 1 aliphatic heterocycles. The summed E-state index contributed by atoms with van der Waals surface area (Å²) >= 11 is 0. The quantitative estimate of drug-likeness (QED) is 0.767. The van der Waals surface area contributed by atoms with Crippen molar-refractivity contribution in [2.24, 2.45) is 0 Å². The van der Waals surface area contributed by atoms with Crippen LogP contribution in [0.5, 0.6) is 0 Å². The Balaban J connectivity index is 2.16. The fraction of sp³-hybridized carbons (Fsp3) is 0.182. The predicted molar refractivity (Wildman–Crippen MR) is 54.8 cm³/mol. The average molecular weight is 202 g/mol. The first-order chi connectivity index (χ1) is 7.34. The molecular formula is C11H10N2O2. The van der Waals surface area contributed by atoms with Gasteiger partial charge in [-0.15, -0.1) is 0 Å². The van der Waals surface area contributed by atoms with Gasteiger partial charge in [-0.3, -0.25) is 0 Å². The van der Waals surface area contributed by atoms with Gasteiger partial charge in [-0.2, -0.15) is 0 Å². The first kappa shape index (κ1) is 8.49. The molecule has 15 heavy (non-hydrogen) atoms. The number of fused-ring (bicyclic) bond motifs is 1. The minimum atomic E-state index is 0.335. The number of aromatic nitrogens is 1. The summed E-state index contributed by atoms with van der Waals surface area (Å²) in [6.07, 6.45) is 0. The highest BCUT2D eigenvalue weighted by molar-refractivity contribution is 5.67. The monoisotopic (exact) mass is 202 g/mol. The molecule has 4 nitrogen and oxygen atoms in total. The largest absolute Gasteiger partial charge is 0.372 e. The summed E-state index contributed by atoms with van der Waals surface area (Å²) in [4.78, 5) is 0. The summed E-state index contributed by atoms with van der Waals surface area (Å²) in [6, 6.07) is 7.79. The van der Waals surface area contributed by atoms with E-state index < -0.39 is 0 Å². The van der Waals surface area contributed by atoms with Crippen molar-refractivity contribution >= 4 is 5.88 Å². The predicted octanol–water partition coefficient (Wildman–Crippen LogP) is 1.95.